The zero-order valence-corrected chi connectivity index (χ0v) is 21.2. The number of hydrogen-bond acceptors (Lipinski definition) is 5. The summed E-state index contributed by atoms with van der Waals surface area (Å²) in [6.07, 6.45) is 4.10. The highest BCUT2D eigenvalue weighted by molar-refractivity contribution is 5.88. The lowest BCUT2D eigenvalue weighted by atomic mass is 9.96. The molecule has 2 aromatic carbocycles. The SMILES string of the molecule is C=C(C)C(=O)OCC(COC(=O)C(=C)CO)Cc1ccc(-c2ccc(CCCC(C)C)cc2)cc1. The molecule has 5 heteroatoms. The molecular weight excluding hydrogens is 440 g/mol. The third-order valence-corrected chi connectivity index (χ3v) is 5.74. The molecule has 0 heterocycles. The molecule has 1 unspecified atom stereocenters. The molecule has 0 aliphatic heterocycles. The van der Waals surface area contributed by atoms with Gasteiger partial charge in [0.25, 0.3) is 0 Å². The van der Waals surface area contributed by atoms with E-state index in [-0.39, 0.29) is 24.7 Å². The Morgan fingerprint density at radius 1 is 0.857 bits per heavy atom. The smallest absolute Gasteiger partial charge is 0.335 e. The van der Waals surface area contributed by atoms with Crippen molar-refractivity contribution in [2.24, 2.45) is 11.8 Å². The normalized spacial score (nSPS) is 11.7. The number of rotatable bonds is 14. The molecule has 1 N–H and O–H groups in total. The number of carbonyl (C=O) groups excluding carboxylic acids is 2. The highest BCUT2D eigenvalue weighted by Gasteiger charge is 2.17. The first kappa shape index (κ1) is 28.1. The monoisotopic (exact) mass is 478 g/mol. The summed E-state index contributed by atoms with van der Waals surface area (Å²) in [5.41, 5.74) is 4.97. The van der Waals surface area contributed by atoms with E-state index in [2.05, 4.69) is 63.4 Å². The quantitative estimate of drug-likeness (QED) is 0.278. The lowest BCUT2D eigenvalue weighted by Gasteiger charge is -2.18. The van der Waals surface area contributed by atoms with Crippen LogP contribution in [0.15, 0.2) is 72.8 Å². The van der Waals surface area contributed by atoms with Gasteiger partial charge in [0.15, 0.2) is 0 Å². The predicted octanol–water partition coefficient (Wildman–Crippen LogP) is 5.70. The average molecular weight is 479 g/mol. The summed E-state index contributed by atoms with van der Waals surface area (Å²) in [6.45, 7) is 12.8. The lowest BCUT2D eigenvalue weighted by Crippen LogP contribution is -2.24. The first-order chi connectivity index (χ1) is 16.7. The fraction of sp³-hybridized carbons (Fsp3) is 0.400. The number of carbonyl (C=O) groups is 2. The number of hydrogen-bond donors (Lipinski definition) is 1. The summed E-state index contributed by atoms with van der Waals surface area (Å²) in [5.74, 6) is -0.655. The molecule has 0 aliphatic carbocycles. The van der Waals surface area contributed by atoms with Gasteiger partial charge in [0.05, 0.1) is 25.4 Å². The largest absolute Gasteiger partial charge is 0.462 e. The van der Waals surface area contributed by atoms with Gasteiger partial charge < -0.3 is 14.6 Å². The van der Waals surface area contributed by atoms with E-state index in [4.69, 9.17) is 14.6 Å². The third kappa shape index (κ3) is 9.91. The van der Waals surface area contributed by atoms with E-state index in [1.807, 2.05) is 12.1 Å². The van der Waals surface area contributed by atoms with Crippen LogP contribution >= 0.6 is 0 Å². The molecule has 0 bridgehead atoms. The van der Waals surface area contributed by atoms with Gasteiger partial charge in [-0.1, -0.05) is 82.0 Å². The van der Waals surface area contributed by atoms with Crippen LogP contribution in [-0.4, -0.2) is 36.9 Å². The van der Waals surface area contributed by atoms with E-state index in [9.17, 15) is 9.59 Å². The van der Waals surface area contributed by atoms with Crippen molar-refractivity contribution in [2.45, 2.75) is 46.5 Å². The van der Waals surface area contributed by atoms with Crippen LogP contribution < -0.4 is 0 Å². The Labute approximate surface area is 209 Å². The minimum atomic E-state index is -0.660. The van der Waals surface area contributed by atoms with E-state index in [1.54, 1.807) is 6.92 Å². The molecule has 0 aliphatic rings. The molecule has 0 amide bonds. The second-order valence-corrected chi connectivity index (χ2v) is 9.49. The van der Waals surface area contributed by atoms with Gasteiger partial charge in [0, 0.05) is 11.5 Å². The molecule has 0 fully saturated rings. The molecule has 0 saturated carbocycles. The summed E-state index contributed by atoms with van der Waals surface area (Å²) in [6, 6.07) is 16.9. The van der Waals surface area contributed by atoms with Crippen LogP contribution in [0.4, 0.5) is 0 Å². The van der Waals surface area contributed by atoms with Gasteiger partial charge in [-0.2, -0.15) is 0 Å². The number of benzene rings is 2. The standard InChI is InChI=1S/C30H38O5/c1-21(2)7-6-8-24-9-13-27(14-10-24)28-15-11-25(12-16-28)17-26(19-34-29(32)22(3)4)20-35-30(33)23(5)18-31/h9-16,21,26,31H,3,5-8,17-20H2,1-2,4H3. The zero-order chi connectivity index (χ0) is 25.8. The first-order valence-electron chi connectivity index (χ1n) is 12.2. The van der Waals surface area contributed by atoms with Gasteiger partial charge in [-0.05, 0) is 54.4 Å². The third-order valence-electron chi connectivity index (χ3n) is 5.74. The van der Waals surface area contributed by atoms with Gasteiger partial charge in [-0.15, -0.1) is 0 Å². The fourth-order valence-corrected chi connectivity index (χ4v) is 3.59. The Hall–Kier alpha value is -3.18. The maximum absolute atomic E-state index is 11.9. The van der Waals surface area contributed by atoms with Gasteiger partial charge in [-0.3, -0.25) is 0 Å². The average Bonchev–Trinajstić information content (AvgIpc) is 2.85. The van der Waals surface area contributed by atoms with E-state index in [0.29, 0.717) is 12.0 Å². The summed E-state index contributed by atoms with van der Waals surface area (Å²) in [4.78, 5) is 23.7. The number of esters is 2. The number of ether oxygens (including phenoxy) is 2. The van der Waals surface area contributed by atoms with Crippen LogP contribution in [-0.2, 0) is 31.9 Å². The molecule has 5 nitrogen and oxygen atoms in total. The van der Waals surface area contributed by atoms with Gasteiger partial charge in [-0.25, -0.2) is 9.59 Å². The molecule has 0 aromatic heterocycles. The van der Waals surface area contributed by atoms with E-state index in [1.165, 1.54) is 18.4 Å². The van der Waals surface area contributed by atoms with E-state index >= 15 is 0 Å². The molecule has 0 saturated heterocycles. The molecule has 2 rings (SSSR count). The summed E-state index contributed by atoms with van der Waals surface area (Å²) in [5, 5.41) is 9.06. The van der Waals surface area contributed by atoms with Crippen LogP contribution in [0, 0.1) is 11.8 Å². The minimum Gasteiger partial charge on any atom is -0.462 e. The Morgan fingerprint density at radius 3 is 1.86 bits per heavy atom. The van der Waals surface area contributed by atoms with Crippen molar-refractivity contribution in [3.63, 3.8) is 0 Å². The van der Waals surface area contributed by atoms with Crippen LogP contribution in [0.3, 0.4) is 0 Å². The topological polar surface area (TPSA) is 72.8 Å². The van der Waals surface area contributed by atoms with E-state index < -0.39 is 18.5 Å². The van der Waals surface area contributed by atoms with Crippen LogP contribution in [0.1, 0.15) is 44.7 Å². The molecule has 0 radical (unpaired) electrons. The van der Waals surface area contributed by atoms with Crippen molar-refractivity contribution in [3.05, 3.63) is 84.0 Å². The molecule has 2 aromatic rings. The van der Waals surface area contributed by atoms with Crippen molar-refractivity contribution in [1.29, 1.82) is 0 Å². The van der Waals surface area contributed by atoms with E-state index in [0.717, 1.165) is 29.0 Å². The molecule has 0 spiro atoms. The number of aliphatic hydroxyl groups excluding tert-OH is 1. The highest BCUT2D eigenvalue weighted by atomic mass is 16.5. The van der Waals surface area contributed by atoms with Crippen LogP contribution in [0.2, 0.25) is 0 Å². The summed E-state index contributed by atoms with van der Waals surface area (Å²) < 4.78 is 10.6. The highest BCUT2D eigenvalue weighted by Crippen LogP contribution is 2.22. The maximum Gasteiger partial charge on any atom is 0.335 e. The maximum atomic E-state index is 11.9. The molecule has 35 heavy (non-hydrogen) atoms. The minimum absolute atomic E-state index is 0.0158. The number of aryl methyl sites for hydroxylation is 1. The second-order valence-electron chi connectivity index (χ2n) is 9.49. The number of aliphatic hydroxyl groups is 1. The molecular formula is C30H38O5. The second kappa shape index (κ2) is 14.3. The van der Waals surface area contributed by atoms with Crippen molar-refractivity contribution >= 4 is 11.9 Å². The van der Waals surface area contributed by atoms with Crippen molar-refractivity contribution < 1.29 is 24.2 Å². The zero-order valence-electron chi connectivity index (χ0n) is 21.2. The summed E-state index contributed by atoms with van der Waals surface area (Å²) >= 11 is 0. The van der Waals surface area contributed by atoms with Crippen molar-refractivity contribution in [1.82, 2.24) is 0 Å². The predicted molar refractivity (Wildman–Crippen MR) is 140 cm³/mol. The fourth-order valence-electron chi connectivity index (χ4n) is 3.59. The van der Waals surface area contributed by atoms with Gasteiger partial charge in [0.1, 0.15) is 0 Å². The lowest BCUT2D eigenvalue weighted by molar-refractivity contribution is -0.144. The van der Waals surface area contributed by atoms with Crippen LogP contribution in [0.5, 0.6) is 0 Å². The Morgan fingerprint density at radius 2 is 1.37 bits per heavy atom. The van der Waals surface area contributed by atoms with Crippen LogP contribution in [0.25, 0.3) is 11.1 Å². The summed E-state index contributed by atoms with van der Waals surface area (Å²) in [7, 11) is 0. The van der Waals surface area contributed by atoms with Crippen molar-refractivity contribution in [2.75, 3.05) is 19.8 Å². The first-order valence-corrected chi connectivity index (χ1v) is 12.2. The Kier molecular flexibility index (Phi) is 11.4. The molecule has 1 atom stereocenters. The Balaban J connectivity index is 2.01. The van der Waals surface area contributed by atoms with Gasteiger partial charge in [0.2, 0.25) is 0 Å². The molecule has 188 valence electrons. The van der Waals surface area contributed by atoms with Crippen molar-refractivity contribution in [3.8, 4) is 11.1 Å². The Bertz CT molecular complexity index is 986. The van der Waals surface area contributed by atoms with Gasteiger partial charge >= 0.3 is 11.9 Å².